The molecule has 4 rings (SSSR count). The lowest BCUT2D eigenvalue weighted by Gasteiger charge is -2.26. The van der Waals surface area contributed by atoms with Gasteiger partial charge >= 0.3 is 0 Å². The summed E-state index contributed by atoms with van der Waals surface area (Å²) in [5, 5.41) is 3.37. The molecule has 118 valence electrons. The Kier molecular flexibility index (Phi) is 3.51. The van der Waals surface area contributed by atoms with Crippen molar-refractivity contribution in [2.24, 2.45) is 5.73 Å². The van der Waals surface area contributed by atoms with E-state index in [0.29, 0.717) is 23.2 Å². The van der Waals surface area contributed by atoms with Crippen LogP contribution in [0.4, 0.5) is 17.1 Å². The number of amides is 1. The highest BCUT2D eigenvalue weighted by Gasteiger charge is 2.29. The topological polar surface area (TPSA) is 58.4 Å². The number of carbonyl (C=O) groups excluding carboxylic acids is 1. The smallest absolute Gasteiger partial charge is 0.243 e. The highest BCUT2D eigenvalue weighted by molar-refractivity contribution is 6.34. The first kappa shape index (κ1) is 14.5. The van der Waals surface area contributed by atoms with Gasteiger partial charge in [0.25, 0.3) is 0 Å². The molecule has 1 amide bonds. The third-order valence-corrected chi connectivity index (χ3v) is 4.79. The number of fused-ring (bicyclic) bond motifs is 1. The van der Waals surface area contributed by atoms with Crippen molar-refractivity contribution in [1.29, 1.82) is 0 Å². The minimum atomic E-state index is -0.608. The fraction of sp³-hybridized carbons (Fsp3) is 0.278. The average molecular weight is 328 g/mol. The third kappa shape index (κ3) is 2.69. The van der Waals surface area contributed by atoms with Crippen LogP contribution in [0.1, 0.15) is 24.3 Å². The second kappa shape index (κ2) is 5.55. The quantitative estimate of drug-likeness (QED) is 0.885. The SMILES string of the molecule is N[C@H]1CN(c2cccc(C3CC3)c2)c2cccc(Cl)c2NC1=O. The van der Waals surface area contributed by atoms with Crippen LogP contribution in [0.5, 0.6) is 0 Å². The molecule has 0 spiro atoms. The van der Waals surface area contributed by atoms with Crippen LogP contribution in [0.2, 0.25) is 5.02 Å². The van der Waals surface area contributed by atoms with Crippen LogP contribution in [0.25, 0.3) is 0 Å². The first-order valence-corrected chi connectivity index (χ1v) is 8.24. The summed E-state index contributed by atoms with van der Waals surface area (Å²) in [5.74, 6) is 0.467. The van der Waals surface area contributed by atoms with Crippen molar-refractivity contribution in [3.8, 4) is 0 Å². The van der Waals surface area contributed by atoms with Gasteiger partial charge in [0.1, 0.15) is 6.04 Å². The normalized spacial score (nSPS) is 20.7. The van der Waals surface area contributed by atoms with E-state index >= 15 is 0 Å². The minimum absolute atomic E-state index is 0.208. The lowest BCUT2D eigenvalue weighted by Crippen LogP contribution is -2.41. The molecular formula is C18H18ClN3O. The van der Waals surface area contributed by atoms with E-state index < -0.39 is 6.04 Å². The van der Waals surface area contributed by atoms with Crippen molar-refractivity contribution < 1.29 is 4.79 Å². The second-order valence-corrected chi connectivity index (χ2v) is 6.62. The number of nitrogens with zero attached hydrogens (tertiary/aromatic N) is 1. The summed E-state index contributed by atoms with van der Waals surface area (Å²) in [6.45, 7) is 0.424. The highest BCUT2D eigenvalue weighted by Crippen LogP contribution is 2.43. The van der Waals surface area contributed by atoms with Crippen molar-refractivity contribution in [3.05, 3.63) is 53.1 Å². The molecule has 1 atom stereocenters. The van der Waals surface area contributed by atoms with Crippen molar-refractivity contribution in [2.75, 3.05) is 16.8 Å². The summed E-state index contributed by atoms with van der Waals surface area (Å²) in [4.78, 5) is 14.2. The van der Waals surface area contributed by atoms with Crippen molar-refractivity contribution in [3.63, 3.8) is 0 Å². The van der Waals surface area contributed by atoms with E-state index in [1.165, 1.54) is 18.4 Å². The fourth-order valence-corrected chi connectivity index (χ4v) is 3.28. The van der Waals surface area contributed by atoms with Gasteiger partial charge in [-0.3, -0.25) is 4.79 Å². The van der Waals surface area contributed by atoms with Crippen molar-refractivity contribution >= 4 is 34.6 Å². The summed E-state index contributed by atoms with van der Waals surface area (Å²) in [5.41, 5.74) is 9.96. The van der Waals surface area contributed by atoms with Crippen LogP contribution in [0.15, 0.2) is 42.5 Å². The van der Waals surface area contributed by atoms with Crippen LogP contribution in [0.3, 0.4) is 0 Å². The van der Waals surface area contributed by atoms with Crippen LogP contribution < -0.4 is 16.0 Å². The molecule has 1 saturated carbocycles. The summed E-state index contributed by atoms with van der Waals surface area (Å²) < 4.78 is 0. The lowest BCUT2D eigenvalue weighted by molar-refractivity contribution is -0.117. The lowest BCUT2D eigenvalue weighted by atomic mass is 10.1. The standard InChI is InChI=1S/C18H18ClN3O/c19-14-5-2-6-16-17(14)21-18(23)15(20)10-22(16)13-4-1-3-12(9-13)11-7-8-11/h1-6,9,11,15H,7-8,10,20H2,(H,21,23)/t15-/m0/s1. The maximum Gasteiger partial charge on any atom is 0.243 e. The molecular weight excluding hydrogens is 310 g/mol. The molecule has 0 saturated heterocycles. The van der Waals surface area contributed by atoms with Gasteiger partial charge in [-0.2, -0.15) is 0 Å². The van der Waals surface area contributed by atoms with E-state index in [-0.39, 0.29) is 5.91 Å². The fourth-order valence-electron chi connectivity index (χ4n) is 3.06. The molecule has 2 aromatic carbocycles. The molecule has 2 aromatic rings. The van der Waals surface area contributed by atoms with Crippen molar-refractivity contribution in [1.82, 2.24) is 0 Å². The van der Waals surface area contributed by atoms with Gasteiger partial charge in [-0.25, -0.2) is 0 Å². The summed E-state index contributed by atoms with van der Waals surface area (Å²) in [6.07, 6.45) is 2.51. The molecule has 23 heavy (non-hydrogen) atoms. The molecule has 2 aliphatic rings. The Morgan fingerprint density at radius 2 is 1.96 bits per heavy atom. The number of benzene rings is 2. The predicted octanol–water partition coefficient (Wildman–Crippen LogP) is 3.63. The van der Waals surface area contributed by atoms with Gasteiger partial charge in [-0.1, -0.05) is 29.8 Å². The van der Waals surface area contributed by atoms with Gasteiger partial charge in [-0.15, -0.1) is 0 Å². The molecule has 1 fully saturated rings. The van der Waals surface area contributed by atoms with Crippen LogP contribution in [0, 0.1) is 0 Å². The van der Waals surface area contributed by atoms with Crippen LogP contribution in [-0.4, -0.2) is 18.5 Å². The minimum Gasteiger partial charge on any atom is -0.338 e. The summed E-state index contributed by atoms with van der Waals surface area (Å²) in [6, 6.07) is 13.5. The maximum atomic E-state index is 12.2. The highest BCUT2D eigenvalue weighted by atomic mass is 35.5. The number of nitrogens with two attached hydrogens (primary N) is 1. The molecule has 0 bridgehead atoms. The molecule has 0 aromatic heterocycles. The molecule has 1 aliphatic heterocycles. The Morgan fingerprint density at radius 1 is 1.17 bits per heavy atom. The number of para-hydroxylation sites is 1. The van der Waals surface area contributed by atoms with E-state index in [1.54, 1.807) is 6.07 Å². The predicted molar refractivity (Wildman–Crippen MR) is 93.5 cm³/mol. The number of hydrogen-bond acceptors (Lipinski definition) is 3. The van der Waals surface area contributed by atoms with Crippen LogP contribution >= 0.6 is 11.6 Å². The number of anilines is 3. The number of hydrogen-bond donors (Lipinski definition) is 2. The van der Waals surface area contributed by atoms with Gasteiger partial charge in [-0.05, 0) is 48.6 Å². The Morgan fingerprint density at radius 3 is 2.74 bits per heavy atom. The molecule has 1 heterocycles. The van der Waals surface area contributed by atoms with Crippen molar-refractivity contribution in [2.45, 2.75) is 24.8 Å². The zero-order chi connectivity index (χ0) is 16.0. The van der Waals surface area contributed by atoms with Gasteiger partial charge in [0.15, 0.2) is 0 Å². The summed E-state index contributed by atoms with van der Waals surface area (Å²) in [7, 11) is 0. The van der Waals surface area contributed by atoms with E-state index in [4.69, 9.17) is 17.3 Å². The Hall–Kier alpha value is -2.04. The second-order valence-electron chi connectivity index (χ2n) is 6.21. The van der Waals surface area contributed by atoms with Gasteiger partial charge < -0.3 is 16.0 Å². The Bertz CT molecular complexity index is 773. The number of nitrogens with one attached hydrogen (secondary N) is 1. The molecule has 0 unspecified atom stereocenters. The zero-order valence-electron chi connectivity index (χ0n) is 12.6. The largest absolute Gasteiger partial charge is 0.338 e. The molecule has 0 radical (unpaired) electrons. The van der Waals surface area contributed by atoms with E-state index in [9.17, 15) is 4.79 Å². The molecule has 5 heteroatoms. The molecule has 4 nitrogen and oxygen atoms in total. The van der Waals surface area contributed by atoms with Gasteiger partial charge in [0.05, 0.1) is 16.4 Å². The first-order valence-electron chi connectivity index (χ1n) is 7.86. The Labute approximate surface area is 140 Å². The zero-order valence-corrected chi connectivity index (χ0v) is 13.4. The maximum absolute atomic E-state index is 12.2. The number of halogens is 1. The van der Waals surface area contributed by atoms with Crippen LogP contribution in [-0.2, 0) is 4.79 Å². The third-order valence-electron chi connectivity index (χ3n) is 4.48. The van der Waals surface area contributed by atoms with Gasteiger partial charge in [0, 0.05) is 12.2 Å². The molecule has 3 N–H and O–H groups in total. The molecule has 1 aliphatic carbocycles. The number of carbonyl (C=O) groups is 1. The Balaban J connectivity index is 1.82. The summed E-state index contributed by atoms with van der Waals surface area (Å²) >= 11 is 6.29. The van der Waals surface area contributed by atoms with E-state index in [1.807, 2.05) is 12.1 Å². The van der Waals surface area contributed by atoms with Gasteiger partial charge in [0.2, 0.25) is 5.91 Å². The first-order chi connectivity index (χ1) is 11.1. The monoisotopic (exact) mass is 327 g/mol. The van der Waals surface area contributed by atoms with E-state index in [0.717, 1.165) is 11.4 Å². The average Bonchev–Trinajstić information content (AvgIpc) is 3.39. The number of rotatable bonds is 2. The van der Waals surface area contributed by atoms with E-state index in [2.05, 4.69) is 34.5 Å².